The number of allylic oxidation sites excluding steroid dienone is 2. The highest BCUT2D eigenvalue weighted by Gasteiger charge is 2.35. The standard InChI is InChI=1S/C76H102N4O2/c1-9-17-51-77(52-18-10-2)68-43-35-61(36-44-68)72(62-37-45-69(46-38-62)78(53-19-11-3)54-20-12-4)59-67(74(75(81)65-31-27-25-28-32-65)76(82)66-33-29-26-30-34-66)60-73(63-39-47-70(48-40-63)79(55-21-13-5)56-22-14-6)64-41-49-71(50-42-64)80(57-23-15-7)58-24-16-8/h25-50,59-60,67,74H,9-24,51-58H2,1-8H3. The maximum Gasteiger partial charge on any atom is 0.174 e. The Bertz CT molecular complexity index is 2430. The van der Waals surface area contributed by atoms with Gasteiger partial charge in [0, 0.05) is 92.2 Å². The first-order chi connectivity index (χ1) is 40.2. The average Bonchev–Trinajstić information content (AvgIpc) is 3.71. The highest BCUT2D eigenvalue weighted by molar-refractivity contribution is 6.17. The minimum absolute atomic E-state index is 0.197. The van der Waals surface area contributed by atoms with E-state index < -0.39 is 11.8 Å². The molecule has 6 aromatic rings. The third kappa shape index (κ3) is 19.2. The highest BCUT2D eigenvalue weighted by atomic mass is 16.2. The molecule has 0 spiro atoms. The molecule has 0 saturated heterocycles. The molecule has 0 atom stereocenters. The van der Waals surface area contributed by atoms with E-state index >= 15 is 9.59 Å². The van der Waals surface area contributed by atoms with E-state index in [2.05, 4.69) is 184 Å². The number of unbranched alkanes of at least 4 members (excludes halogenated alkanes) is 8. The van der Waals surface area contributed by atoms with Crippen molar-refractivity contribution in [3.05, 3.63) is 203 Å². The molecule has 0 saturated carbocycles. The number of hydrogen-bond acceptors (Lipinski definition) is 6. The maximum absolute atomic E-state index is 15.8. The molecule has 0 unspecified atom stereocenters. The van der Waals surface area contributed by atoms with Crippen LogP contribution >= 0.6 is 0 Å². The lowest BCUT2D eigenvalue weighted by atomic mass is 9.76. The molecule has 0 amide bonds. The smallest absolute Gasteiger partial charge is 0.174 e. The third-order valence-electron chi connectivity index (χ3n) is 16.2. The van der Waals surface area contributed by atoms with Crippen molar-refractivity contribution in [2.24, 2.45) is 11.8 Å². The van der Waals surface area contributed by atoms with E-state index in [1.54, 1.807) is 0 Å². The van der Waals surface area contributed by atoms with Crippen LogP contribution in [-0.4, -0.2) is 63.9 Å². The Kier molecular flexibility index (Phi) is 28.3. The van der Waals surface area contributed by atoms with Gasteiger partial charge in [0.2, 0.25) is 0 Å². The van der Waals surface area contributed by atoms with E-state index in [1.807, 2.05) is 60.7 Å². The van der Waals surface area contributed by atoms with E-state index in [-0.39, 0.29) is 11.6 Å². The molecule has 0 radical (unpaired) electrons. The van der Waals surface area contributed by atoms with Gasteiger partial charge in [-0.2, -0.15) is 0 Å². The summed E-state index contributed by atoms with van der Waals surface area (Å²) in [5.74, 6) is -2.19. The molecule has 6 rings (SSSR count). The number of carbonyl (C=O) groups excluding carboxylic acids is 2. The topological polar surface area (TPSA) is 47.1 Å². The van der Waals surface area contributed by atoms with Crippen LogP contribution in [-0.2, 0) is 0 Å². The summed E-state index contributed by atoms with van der Waals surface area (Å²) in [6, 6.07) is 55.4. The zero-order valence-electron chi connectivity index (χ0n) is 51.9. The Balaban J connectivity index is 1.69. The summed E-state index contributed by atoms with van der Waals surface area (Å²) in [6.07, 6.45) is 22.7. The lowest BCUT2D eigenvalue weighted by molar-refractivity contribution is 0.0786. The predicted molar refractivity (Wildman–Crippen MR) is 357 cm³/mol. The molecule has 438 valence electrons. The number of ketones is 2. The third-order valence-corrected chi connectivity index (χ3v) is 16.2. The molecular weight excluding hydrogens is 1000 g/mol. The Morgan fingerprint density at radius 2 is 0.500 bits per heavy atom. The van der Waals surface area contributed by atoms with Gasteiger partial charge in [0.25, 0.3) is 0 Å². The van der Waals surface area contributed by atoms with Gasteiger partial charge in [-0.25, -0.2) is 0 Å². The van der Waals surface area contributed by atoms with E-state index in [0.29, 0.717) is 11.1 Å². The summed E-state index contributed by atoms with van der Waals surface area (Å²) in [7, 11) is 0. The average molecular weight is 1100 g/mol. The van der Waals surface area contributed by atoms with Crippen LogP contribution in [0.4, 0.5) is 22.7 Å². The Morgan fingerprint density at radius 3 is 0.695 bits per heavy atom. The quantitative estimate of drug-likeness (QED) is 0.0283. The predicted octanol–water partition coefficient (Wildman–Crippen LogP) is 19.9. The van der Waals surface area contributed by atoms with Gasteiger partial charge in [-0.1, -0.05) is 228 Å². The van der Waals surface area contributed by atoms with Crippen molar-refractivity contribution in [2.75, 3.05) is 72.0 Å². The monoisotopic (exact) mass is 1100 g/mol. The summed E-state index contributed by atoms with van der Waals surface area (Å²) in [6.45, 7) is 26.2. The molecule has 0 aliphatic rings. The SMILES string of the molecule is CCCCN(CCCC)c1ccc(C(=CC(C=C(c2ccc(N(CCCC)CCCC)cc2)c2ccc(N(CCCC)CCCC)cc2)C(C(=O)c2ccccc2)C(=O)c2ccccc2)c2ccc(N(CCCC)CCCC)cc2)cc1. The van der Waals surface area contributed by atoms with Gasteiger partial charge >= 0.3 is 0 Å². The Morgan fingerprint density at radius 1 is 0.293 bits per heavy atom. The van der Waals surface area contributed by atoms with Crippen molar-refractivity contribution >= 4 is 45.5 Å². The second-order valence-corrected chi connectivity index (χ2v) is 22.6. The van der Waals surface area contributed by atoms with E-state index in [0.717, 1.165) is 188 Å². The Hall–Kier alpha value is -6.66. The van der Waals surface area contributed by atoms with E-state index in [9.17, 15) is 0 Å². The van der Waals surface area contributed by atoms with Crippen LogP contribution in [0.3, 0.4) is 0 Å². The Labute approximate surface area is 497 Å². The number of hydrogen-bond donors (Lipinski definition) is 0. The lowest BCUT2D eigenvalue weighted by Gasteiger charge is -2.27. The molecule has 0 heterocycles. The minimum Gasteiger partial charge on any atom is -0.372 e. The van der Waals surface area contributed by atoms with Crippen molar-refractivity contribution in [1.29, 1.82) is 0 Å². The molecule has 6 heteroatoms. The molecule has 0 aliphatic heterocycles. The van der Waals surface area contributed by atoms with E-state index in [4.69, 9.17) is 0 Å². The van der Waals surface area contributed by atoms with Crippen molar-refractivity contribution in [3.63, 3.8) is 0 Å². The first-order valence-electron chi connectivity index (χ1n) is 32.3. The van der Waals surface area contributed by atoms with Gasteiger partial charge in [-0.15, -0.1) is 0 Å². The fraction of sp³-hybridized carbons (Fsp3) is 0.447. The van der Waals surface area contributed by atoms with E-state index in [1.165, 1.54) is 22.7 Å². The molecule has 0 aliphatic carbocycles. The molecule has 6 nitrogen and oxygen atoms in total. The maximum atomic E-state index is 15.8. The minimum atomic E-state index is -1.10. The van der Waals surface area contributed by atoms with Gasteiger partial charge in [0.1, 0.15) is 0 Å². The first kappa shape index (κ1) is 64.5. The number of anilines is 4. The molecule has 6 aromatic carbocycles. The van der Waals surface area contributed by atoms with Crippen molar-refractivity contribution in [2.45, 2.75) is 158 Å². The van der Waals surface area contributed by atoms with Crippen molar-refractivity contribution < 1.29 is 9.59 Å². The summed E-state index contributed by atoms with van der Waals surface area (Å²) >= 11 is 0. The number of benzene rings is 6. The van der Waals surface area contributed by atoms with Gasteiger partial charge in [-0.3, -0.25) is 9.59 Å². The fourth-order valence-corrected chi connectivity index (χ4v) is 11.1. The van der Waals surface area contributed by atoms with Crippen LogP contribution < -0.4 is 19.6 Å². The van der Waals surface area contributed by atoms with Gasteiger partial charge in [0.05, 0.1) is 5.92 Å². The number of carbonyl (C=O) groups is 2. The van der Waals surface area contributed by atoms with Gasteiger partial charge in [-0.05, 0) is 133 Å². The normalized spacial score (nSPS) is 11.2. The highest BCUT2D eigenvalue weighted by Crippen LogP contribution is 2.38. The summed E-state index contributed by atoms with van der Waals surface area (Å²) in [5, 5.41) is 0. The van der Waals surface area contributed by atoms with Crippen molar-refractivity contribution in [1.82, 2.24) is 0 Å². The van der Waals surface area contributed by atoms with Crippen LogP contribution in [0.15, 0.2) is 170 Å². The second-order valence-electron chi connectivity index (χ2n) is 22.6. The molecule has 0 N–H and O–H groups in total. The zero-order valence-corrected chi connectivity index (χ0v) is 51.9. The molecule has 82 heavy (non-hydrogen) atoms. The van der Waals surface area contributed by atoms with Crippen LogP contribution in [0, 0.1) is 11.8 Å². The lowest BCUT2D eigenvalue weighted by Crippen LogP contribution is -2.31. The molecule has 0 fully saturated rings. The van der Waals surface area contributed by atoms with Crippen molar-refractivity contribution in [3.8, 4) is 0 Å². The number of rotatable bonds is 39. The molecule has 0 bridgehead atoms. The van der Waals surface area contributed by atoms with Gasteiger partial charge < -0.3 is 19.6 Å². The van der Waals surface area contributed by atoms with Crippen LogP contribution in [0.2, 0.25) is 0 Å². The fourth-order valence-electron chi connectivity index (χ4n) is 11.1. The first-order valence-corrected chi connectivity index (χ1v) is 32.3. The summed E-state index contributed by atoms with van der Waals surface area (Å²) in [4.78, 5) is 41.7. The largest absolute Gasteiger partial charge is 0.372 e. The van der Waals surface area contributed by atoms with Crippen LogP contribution in [0.1, 0.15) is 201 Å². The summed E-state index contributed by atoms with van der Waals surface area (Å²) < 4.78 is 0. The molecular formula is C76H102N4O2. The summed E-state index contributed by atoms with van der Waals surface area (Å²) in [5.41, 5.74) is 12.1. The molecule has 0 aromatic heterocycles. The number of nitrogens with zero attached hydrogens (tertiary/aromatic N) is 4. The van der Waals surface area contributed by atoms with Crippen LogP contribution in [0.5, 0.6) is 0 Å². The zero-order chi connectivity index (χ0) is 58.3. The number of Topliss-reactive ketones (excluding diaryl/α,β-unsaturated/α-hetero) is 2. The second kappa shape index (κ2) is 36.0. The van der Waals surface area contributed by atoms with Gasteiger partial charge in [0.15, 0.2) is 11.6 Å². The van der Waals surface area contributed by atoms with Crippen LogP contribution in [0.25, 0.3) is 11.1 Å².